The summed E-state index contributed by atoms with van der Waals surface area (Å²) in [5, 5.41) is 0. The van der Waals surface area contributed by atoms with Crippen molar-refractivity contribution >= 4 is 5.78 Å². The molecule has 0 aromatic carbocycles. The predicted octanol–water partition coefficient (Wildman–Crippen LogP) is -0.398. The minimum atomic E-state index is -0.543. The molecule has 0 saturated carbocycles. The summed E-state index contributed by atoms with van der Waals surface area (Å²) in [5.74, 6) is -0.353. The van der Waals surface area contributed by atoms with Crippen LogP contribution in [0, 0.1) is 0 Å². The largest absolute Gasteiger partial charge is 0.373 e. The fourth-order valence-electron chi connectivity index (χ4n) is 3.13. The van der Waals surface area contributed by atoms with Gasteiger partial charge < -0.3 is 9.72 Å². The van der Waals surface area contributed by atoms with E-state index in [1.54, 1.807) is 0 Å². The van der Waals surface area contributed by atoms with Gasteiger partial charge >= 0.3 is 5.69 Å². The first kappa shape index (κ1) is 14.2. The van der Waals surface area contributed by atoms with Gasteiger partial charge in [0, 0.05) is 18.8 Å². The number of aromatic nitrogens is 2. The maximum atomic E-state index is 12.2. The Balaban J connectivity index is 1.82. The number of ketones is 1. The summed E-state index contributed by atoms with van der Waals surface area (Å²) in [6.45, 7) is 3.90. The Labute approximate surface area is 121 Å². The van der Waals surface area contributed by atoms with E-state index in [1.807, 2.05) is 0 Å². The minimum absolute atomic E-state index is 0.00413. The normalized spacial score (nSPS) is 25.8. The number of H-pyrrole nitrogens is 1. The monoisotopic (exact) mass is 293 g/mol. The van der Waals surface area contributed by atoms with Crippen molar-refractivity contribution in [3.8, 4) is 0 Å². The Morgan fingerprint density at radius 1 is 1.48 bits per heavy atom. The number of hydrogen-bond acceptors (Lipinski definition) is 5. The number of hydrogen-bond donors (Lipinski definition) is 1. The number of fused-ring (bicyclic) bond motifs is 1. The van der Waals surface area contributed by atoms with Crippen LogP contribution in [0.5, 0.6) is 0 Å². The van der Waals surface area contributed by atoms with Crippen LogP contribution in [0.2, 0.25) is 0 Å². The number of Topliss-reactive ketones (excluding diaryl/α,β-unsaturated/α-hetero) is 1. The molecule has 7 nitrogen and oxygen atoms in total. The molecular weight excluding hydrogens is 274 g/mol. The third-order valence-corrected chi connectivity index (χ3v) is 4.29. The van der Waals surface area contributed by atoms with E-state index in [-0.39, 0.29) is 24.0 Å². The Bertz CT molecular complexity index is 663. The molecule has 3 rings (SSSR count). The van der Waals surface area contributed by atoms with E-state index in [9.17, 15) is 14.4 Å². The molecule has 21 heavy (non-hydrogen) atoms. The van der Waals surface area contributed by atoms with Gasteiger partial charge in [-0.2, -0.15) is 0 Å². The highest BCUT2D eigenvalue weighted by Gasteiger charge is 2.32. The van der Waals surface area contributed by atoms with Crippen LogP contribution in [0.1, 0.15) is 30.1 Å². The minimum Gasteiger partial charge on any atom is -0.373 e. The quantitative estimate of drug-likeness (QED) is 0.767. The molecule has 2 aliphatic heterocycles. The summed E-state index contributed by atoms with van der Waals surface area (Å²) < 4.78 is 6.83. The van der Waals surface area contributed by atoms with Crippen molar-refractivity contribution in [1.29, 1.82) is 0 Å². The molecule has 2 saturated heterocycles. The number of nitrogens with zero attached hydrogens (tertiary/aromatic N) is 2. The van der Waals surface area contributed by atoms with E-state index >= 15 is 0 Å². The summed E-state index contributed by atoms with van der Waals surface area (Å²) in [7, 11) is 0. The fraction of sp³-hybridized carbons (Fsp3) is 0.643. The summed E-state index contributed by atoms with van der Waals surface area (Å²) >= 11 is 0. The Morgan fingerprint density at radius 3 is 3.05 bits per heavy atom. The van der Waals surface area contributed by atoms with Crippen LogP contribution < -0.4 is 11.2 Å². The number of carbonyl (C=O) groups is 1. The zero-order chi connectivity index (χ0) is 15.0. The molecule has 114 valence electrons. The highest BCUT2D eigenvalue weighted by atomic mass is 16.5. The van der Waals surface area contributed by atoms with Crippen molar-refractivity contribution in [2.45, 2.75) is 38.5 Å². The first-order valence-corrected chi connectivity index (χ1v) is 7.25. The third kappa shape index (κ3) is 2.71. The average Bonchev–Trinajstić information content (AvgIpc) is 2.90. The van der Waals surface area contributed by atoms with Crippen molar-refractivity contribution in [2.24, 2.45) is 0 Å². The van der Waals surface area contributed by atoms with E-state index in [4.69, 9.17) is 4.74 Å². The van der Waals surface area contributed by atoms with E-state index < -0.39 is 11.2 Å². The van der Waals surface area contributed by atoms with Crippen LogP contribution in [0.25, 0.3) is 0 Å². The zero-order valence-corrected chi connectivity index (χ0v) is 12.0. The lowest BCUT2D eigenvalue weighted by Crippen LogP contribution is -2.50. The van der Waals surface area contributed by atoms with Gasteiger partial charge in [-0.15, -0.1) is 0 Å². The SMILES string of the molecule is CC(=O)c1c[nH]c(=O)n(CC2CN3CCCC3CO2)c1=O. The van der Waals surface area contributed by atoms with Gasteiger partial charge in [0.25, 0.3) is 5.56 Å². The third-order valence-electron chi connectivity index (χ3n) is 4.29. The number of aromatic amines is 1. The lowest BCUT2D eigenvalue weighted by molar-refractivity contribution is -0.0560. The maximum absolute atomic E-state index is 12.2. The number of morpholine rings is 1. The molecule has 0 spiro atoms. The van der Waals surface area contributed by atoms with Gasteiger partial charge in [0.15, 0.2) is 5.78 Å². The summed E-state index contributed by atoms with van der Waals surface area (Å²) in [4.78, 5) is 40.2. The molecule has 1 aromatic heterocycles. The zero-order valence-electron chi connectivity index (χ0n) is 12.0. The number of rotatable bonds is 3. The number of carbonyl (C=O) groups excluding carboxylic acids is 1. The molecule has 3 heterocycles. The first-order chi connectivity index (χ1) is 10.1. The maximum Gasteiger partial charge on any atom is 0.328 e. The van der Waals surface area contributed by atoms with Crippen molar-refractivity contribution in [1.82, 2.24) is 14.5 Å². The molecule has 2 atom stereocenters. The van der Waals surface area contributed by atoms with Crippen LogP contribution in [0.15, 0.2) is 15.8 Å². The van der Waals surface area contributed by atoms with Crippen LogP contribution in [-0.2, 0) is 11.3 Å². The van der Waals surface area contributed by atoms with Gasteiger partial charge in [-0.3, -0.25) is 19.1 Å². The number of nitrogens with one attached hydrogen (secondary N) is 1. The Hall–Kier alpha value is -1.73. The van der Waals surface area contributed by atoms with Crippen molar-refractivity contribution in [3.63, 3.8) is 0 Å². The van der Waals surface area contributed by atoms with Gasteiger partial charge in [-0.1, -0.05) is 0 Å². The van der Waals surface area contributed by atoms with Crippen molar-refractivity contribution in [3.05, 3.63) is 32.6 Å². The highest BCUT2D eigenvalue weighted by Crippen LogP contribution is 2.22. The fourth-order valence-corrected chi connectivity index (χ4v) is 3.13. The predicted molar refractivity (Wildman–Crippen MR) is 75.7 cm³/mol. The van der Waals surface area contributed by atoms with Crippen molar-refractivity contribution in [2.75, 3.05) is 19.7 Å². The Morgan fingerprint density at radius 2 is 2.29 bits per heavy atom. The van der Waals surface area contributed by atoms with Crippen LogP contribution in [0.4, 0.5) is 0 Å². The molecule has 0 aliphatic carbocycles. The molecule has 2 unspecified atom stereocenters. The summed E-state index contributed by atoms with van der Waals surface area (Å²) in [6.07, 6.45) is 3.30. The molecule has 0 amide bonds. The molecule has 7 heteroatoms. The van der Waals surface area contributed by atoms with Crippen LogP contribution >= 0.6 is 0 Å². The first-order valence-electron chi connectivity index (χ1n) is 7.25. The number of ether oxygens (including phenoxy) is 1. The highest BCUT2D eigenvalue weighted by molar-refractivity contribution is 5.93. The van der Waals surface area contributed by atoms with E-state index in [2.05, 4.69) is 9.88 Å². The van der Waals surface area contributed by atoms with Crippen LogP contribution in [0.3, 0.4) is 0 Å². The van der Waals surface area contributed by atoms with Gasteiger partial charge in [0.05, 0.1) is 24.8 Å². The summed E-state index contributed by atoms with van der Waals surface area (Å²) in [5.41, 5.74) is -1.04. The molecule has 0 bridgehead atoms. The van der Waals surface area contributed by atoms with E-state index in [0.29, 0.717) is 12.6 Å². The standard InChI is InChI=1S/C14H19N3O4/c1-9(18)12-5-15-14(20)17(13(12)19)7-11-6-16-4-2-3-10(16)8-21-11/h5,10-11H,2-4,6-8H2,1H3,(H,15,20). The van der Waals surface area contributed by atoms with E-state index in [0.717, 1.165) is 24.1 Å². The molecule has 1 aromatic rings. The second-order valence-electron chi connectivity index (χ2n) is 5.73. The second kappa shape index (κ2) is 5.57. The molecule has 1 N–H and O–H groups in total. The second-order valence-corrected chi connectivity index (χ2v) is 5.73. The molecule has 2 aliphatic rings. The molecular formula is C14H19N3O4. The topological polar surface area (TPSA) is 84.4 Å². The average molecular weight is 293 g/mol. The smallest absolute Gasteiger partial charge is 0.328 e. The summed E-state index contributed by atoms with van der Waals surface area (Å²) in [6, 6.07) is 0.472. The van der Waals surface area contributed by atoms with E-state index in [1.165, 1.54) is 19.5 Å². The molecule has 2 fully saturated rings. The van der Waals surface area contributed by atoms with Crippen LogP contribution in [-0.4, -0.2) is 52.1 Å². The lowest BCUT2D eigenvalue weighted by atomic mass is 10.2. The Kier molecular flexibility index (Phi) is 3.77. The van der Waals surface area contributed by atoms with Crippen molar-refractivity contribution < 1.29 is 9.53 Å². The van der Waals surface area contributed by atoms with Gasteiger partial charge in [-0.05, 0) is 26.3 Å². The van der Waals surface area contributed by atoms with Gasteiger partial charge in [-0.25, -0.2) is 4.79 Å². The van der Waals surface area contributed by atoms with Gasteiger partial charge in [0.1, 0.15) is 0 Å². The molecule has 0 radical (unpaired) electrons. The van der Waals surface area contributed by atoms with Gasteiger partial charge in [0.2, 0.25) is 0 Å². The lowest BCUT2D eigenvalue weighted by Gasteiger charge is -2.35.